The molecule has 2 N–H and O–H groups in total. The average molecular weight is 257 g/mol. The zero-order chi connectivity index (χ0) is 13.4. The molecule has 0 heterocycles. The molecule has 96 valence electrons. The van der Waals surface area contributed by atoms with Gasteiger partial charge in [0.15, 0.2) is 0 Å². The summed E-state index contributed by atoms with van der Waals surface area (Å²) >= 11 is 0. The summed E-state index contributed by atoms with van der Waals surface area (Å²) in [5, 5.41) is 0. The molecule has 0 unspecified atom stereocenters. The quantitative estimate of drug-likeness (QED) is 0.762. The predicted octanol–water partition coefficient (Wildman–Crippen LogP) is 3.74. The highest BCUT2D eigenvalue weighted by molar-refractivity contribution is 5.37. The minimum atomic E-state index is -4.72. The van der Waals surface area contributed by atoms with Gasteiger partial charge >= 0.3 is 12.4 Å². The highest BCUT2D eigenvalue weighted by Crippen LogP contribution is 2.38. The molecule has 0 aromatic heterocycles. The van der Waals surface area contributed by atoms with Crippen LogP contribution in [0.2, 0.25) is 0 Å². The van der Waals surface area contributed by atoms with Crippen LogP contribution in [0, 0.1) is 0 Å². The molecule has 0 radical (unpaired) electrons. The first-order chi connectivity index (χ1) is 7.53. The Hall–Kier alpha value is -1.24. The molecular weight excluding hydrogens is 248 g/mol. The van der Waals surface area contributed by atoms with Crippen molar-refractivity contribution in [3.8, 4) is 0 Å². The Morgan fingerprint density at radius 2 is 1.53 bits per heavy atom. The van der Waals surface area contributed by atoms with Crippen molar-refractivity contribution >= 4 is 0 Å². The number of nitrogens with two attached hydrogens (primary N) is 1. The third-order valence-electron chi connectivity index (χ3n) is 2.17. The summed E-state index contributed by atoms with van der Waals surface area (Å²) in [6.07, 6.45) is -9.40. The van der Waals surface area contributed by atoms with Crippen LogP contribution in [0.25, 0.3) is 0 Å². The van der Waals surface area contributed by atoms with E-state index in [1.54, 1.807) is 0 Å². The number of hydrogen-bond acceptors (Lipinski definition) is 1. The normalized spacial score (nSPS) is 14.8. The van der Waals surface area contributed by atoms with Crippen LogP contribution in [0.1, 0.15) is 29.7 Å². The van der Waals surface area contributed by atoms with Gasteiger partial charge < -0.3 is 5.73 Å². The third kappa shape index (κ3) is 3.12. The minimum Gasteiger partial charge on any atom is -0.324 e. The van der Waals surface area contributed by atoms with Crippen LogP contribution in [0.4, 0.5) is 26.3 Å². The molecule has 1 aromatic carbocycles. The smallest absolute Gasteiger partial charge is 0.324 e. The Morgan fingerprint density at radius 1 is 1.00 bits per heavy atom. The van der Waals surface area contributed by atoms with Gasteiger partial charge in [0, 0.05) is 6.04 Å². The lowest BCUT2D eigenvalue weighted by atomic mass is 9.98. The van der Waals surface area contributed by atoms with E-state index in [0.29, 0.717) is 18.2 Å². The first-order valence-corrected chi connectivity index (χ1v) is 4.57. The second-order valence-electron chi connectivity index (χ2n) is 3.59. The van der Waals surface area contributed by atoms with Gasteiger partial charge in [0.2, 0.25) is 0 Å². The fourth-order valence-electron chi connectivity index (χ4n) is 1.37. The van der Waals surface area contributed by atoms with Gasteiger partial charge in [0.25, 0.3) is 0 Å². The Labute approximate surface area is 93.2 Å². The maximum atomic E-state index is 12.5. The fraction of sp³-hybridized carbons (Fsp3) is 0.400. The summed E-state index contributed by atoms with van der Waals surface area (Å²) in [6, 6.07) is 0.109. The van der Waals surface area contributed by atoms with Gasteiger partial charge in [-0.15, -0.1) is 0 Å². The van der Waals surface area contributed by atoms with Gasteiger partial charge in [-0.3, -0.25) is 0 Å². The van der Waals surface area contributed by atoms with Crippen molar-refractivity contribution in [1.29, 1.82) is 0 Å². The molecule has 17 heavy (non-hydrogen) atoms. The molecule has 0 spiro atoms. The summed E-state index contributed by atoms with van der Waals surface area (Å²) in [6.45, 7) is 1.20. The second-order valence-corrected chi connectivity index (χ2v) is 3.59. The van der Waals surface area contributed by atoms with E-state index in [4.69, 9.17) is 5.73 Å². The molecular formula is C10H9F6N. The van der Waals surface area contributed by atoms with E-state index in [9.17, 15) is 26.3 Å². The standard InChI is InChI=1S/C10H9F6N/c1-5(17)7-4-6(9(11,12)13)2-3-8(7)10(14,15)16/h2-5H,17H2,1H3/t5-/m1/s1. The summed E-state index contributed by atoms with van der Waals surface area (Å²) in [7, 11) is 0. The first-order valence-electron chi connectivity index (χ1n) is 4.57. The monoisotopic (exact) mass is 257 g/mol. The summed E-state index contributed by atoms with van der Waals surface area (Å²) in [5.41, 5.74) is 2.41. The Balaban J connectivity index is 3.38. The maximum absolute atomic E-state index is 12.5. The van der Waals surface area contributed by atoms with Crippen molar-refractivity contribution in [2.45, 2.75) is 25.3 Å². The van der Waals surface area contributed by atoms with Crippen molar-refractivity contribution in [2.75, 3.05) is 0 Å². The van der Waals surface area contributed by atoms with Gasteiger partial charge in [-0.05, 0) is 30.7 Å². The van der Waals surface area contributed by atoms with Crippen molar-refractivity contribution in [2.24, 2.45) is 5.73 Å². The fourth-order valence-corrected chi connectivity index (χ4v) is 1.37. The molecule has 0 aliphatic heterocycles. The van der Waals surface area contributed by atoms with Crippen LogP contribution in [0.3, 0.4) is 0 Å². The summed E-state index contributed by atoms with van der Waals surface area (Å²) in [4.78, 5) is 0. The van der Waals surface area contributed by atoms with E-state index in [1.165, 1.54) is 6.92 Å². The van der Waals surface area contributed by atoms with Crippen molar-refractivity contribution in [3.63, 3.8) is 0 Å². The van der Waals surface area contributed by atoms with E-state index in [0.717, 1.165) is 0 Å². The van der Waals surface area contributed by atoms with Crippen LogP contribution < -0.4 is 5.73 Å². The van der Waals surface area contributed by atoms with Crippen LogP contribution in [0.15, 0.2) is 18.2 Å². The van der Waals surface area contributed by atoms with Gasteiger partial charge in [-0.25, -0.2) is 0 Å². The molecule has 7 heteroatoms. The molecule has 1 rings (SSSR count). The van der Waals surface area contributed by atoms with E-state index >= 15 is 0 Å². The van der Waals surface area contributed by atoms with E-state index in [-0.39, 0.29) is 0 Å². The highest BCUT2D eigenvalue weighted by atomic mass is 19.4. The third-order valence-corrected chi connectivity index (χ3v) is 2.17. The first kappa shape index (κ1) is 13.8. The minimum absolute atomic E-state index is 0.398. The second kappa shape index (κ2) is 4.21. The largest absolute Gasteiger partial charge is 0.416 e. The van der Waals surface area contributed by atoms with E-state index < -0.39 is 35.1 Å². The van der Waals surface area contributed by atoms with Gasteiger partial charge in [0.1, 0.15) is 0 Å². The van der Waals surface area contributed by atoms with Crippen molar-refractivity contribution < 1.29 is 26.3 Å². The van der Waals surface area contributed by atoms with Gasteiger partial charge in [-0.2, -0.15) is 26.3 Å². The maximum Gasteiger partial charge on any atom is 0.416 e. The number of halogens is 6. The molecule has 0 amide bonds. The van der Waals surface area contributed by atoms with Gasteiger partial charge in [-0.1, -0.05) is 0 Å². The van der Waals surface area contributed by atoms with Crippen LogP contribution in [0.5, 0.6) is 0 Å². The summed E-state index contributed by atoms with van der Waals surface area (Å²) in [5.74, 6) is 0. The zero-order valence-electron chi connectivity index (χ0n) is 8.65. The predicted molar refractivity (Wildman–Crippen MR) is 49.0 cm³/mol. The van der Waals surface area contributed by atoms with Crippen LogP contribution in [-0.2, 0) is 12.4 Å². The number of hydrogen-bond donors (Lipinski definition) is 1. The molecule has 0 saturated heterocycles. The highest BCUT2D eigenvalue weighted by Gasteiger charge is 2.37. The van der Waals surface area contributed by atoms with Crippen LogP contribution in [-0.4, -0.2) is 0 Å². The Bertz CT molecular complexity index is 404. The molecule has 0 bridgehead atoms. The summed E-state index contributed by atoms with van der Waals surface area (Å²) < 4.78 is 74.5. The lowest BCUT2D eigenvalue weighted by Gasteiger charge is -2.17. The molecule has 0 aliphatic carbocycles. The molecule has 1 nitrogen and oxygen atoms in total. The number of benzene rings is 1. The molecule has 1 atom stereocenters. The van der Waals surface area contributed by atoms with Gasteiger partial charge in [0.05, 0.1) is 11.1 Å². The number of rotatable bonds is 1. The van der Waals surface area contributed by atoms with Crippen molar-refractivity contribution in [1.82, 2.24) is 0 Å². The molecule has 0 saturated carbocycles. The Kier molecular flexibility index (Phi) is 3.42. The lowest BCUT2D eigenvalue weighted by Crippen LogP contribution is -2.17. The molecule has 0 aliphatic rings. The lowest BCUT2D eigenvalue weighted by molar-refractivity contribution is -0.142. The number of alkyl halides is 6. The SMILES string of the molecule is C[C@@H](N)c1cc(C(F)(F)F)ccc1C(F)(F)F. The Morgan fingerprint density at radius 3 is 1.88 bits per heavy atom. The van der Waals surface area contributed by atoms with E-state index in [2.05, 4.69) is 0 Å². The van der Waals surface area contributed by atoms with Crippen molar-refractivity contribution in [3.05, 3.63) is 34.9 Å². The van der Waals surface area contributed by atoms with Crippen LogP contribution >= 0.6 is 0 Å². The molecule has 1 aromatic rings. The molecule has 0 fully saturated rings. The average Bonchev–Trinajstić information content (AvgIpc) is 2.14. The van der Waals surface area contributed by atoms with E-state index in [1.807, 2.05) is 0 Å². The topological polar surface area (TPSA) is 26.0 Å². The zero-order valence-corrected chi connectivity index (χ0v) is 8.65.